The third-order valence-corrected chi connectivity index (χ3v) is 2.25. The van der Waals surface area contributed by atoms with Crippen LogP contribution in [0.15, 0.2) is 41.3 Å². The van der Waals surface area contributed by atoms with E-state index < -0.39 is 11.7 Å². The first kappa shape index (κ1) is 11.3. The number of halogens is 1. The zero-order chi connectivity index (χ0) is 12.1. The van der Waals surface area contributed by atoms with Gasteiger partial charge < -0.3 is 9.73 Å². The number of amides is 1. The van der Waals surface area contributed by atoms with E-state index in [-0.39, 0.29) is 5.56 Å². The minimum absolute atomic E-state index is 0.000514. The van der Waals surface area contributed by atoms with Crippen LogP contribution in [-0.2, 0) is 6.42 Å². The lowest BCUT2D eigenvalue weighted by Gasteiger charge is -2.04. The monoisotopic (exact) mass is 234 g/mol. The molecule has 0 atom stereocenters. The molecule has 0 fully saturated rings. The Bertz CT molecular complexity index is 497. The summed E-state index contributed by atoms with van der Waals surface area (Å²) in [4.78, 5) is 15.2. The molecule has 2 aromatic rings. The van der Waals surface area contributed by atoms with Gasteiger partial charge in [-0.25, -0.2) is 4.39 Å². The van der Waals surface area contributed by atoms with Crippen molar-refractivity contribution in [3.05, 3.63) is 54.0 Å². The minimum atomic E-state index is -0.622. The number of furan rings is 1. The van der Waals surface area contributed by atoms with Gasteiger partial charge in [0, 0.05) is 19.2 Å². The van der Waals surface area contributed by atoms with E-state index in [2.05, 4.69) is 10.3 Å². The van der Waals surface area contributed by atoms with E-state index in [1.807, 2.05) is 6.07 Å². The molecule has 0 aliphatic heterocycles. The van der Waals surface area contributed by atoms with Crippen molar-refractivity contribution in [3.8, 4) is 0 Å². The zero-order valence-electron chi connectivity index (χ0n) is 9.02. The minimum Gasteiger partial charge on any atom is -0.469 e. The van der Waals surface area contributed by atoms with Gasteiger partial charge in [-0.1, -0.05) is 0 Å². The van der Waals surface area contributed by atoms with Crippen molar-refractivity contribution in [1.82, 2.24) is 10.3 Å². The summed E-state index contributed by atoms with van der Waals surface area (Å²) >= 11 is 0. The summed E-state index contributed by atoms with van der Waals surface area (Å²) < 4.78 is 18.3. The molecule has 0 unspecified atom stereocenters. The lowest BCUT2D eigenvalue weighted by molar-refractivity contribution is 0.0949. The number of hydrogen-bond acceptors (Lipinski definition) is 3. The Kier molecular flexibility index (Phi) is 3.49. The lowest BCUT2D eigenvalue weighted by atomic mass is 10.2. The van der Waals surface area contributed by atoms with Gasteiger partial charge in [0.05, 0.1) is 18.0 Å². The maximum Gasteiger partial charge on any atom is 0.254 e. The summed E-state index contributed by atoms with van der Waals surface area (Å²) in [5.74, 6) is -0.292. The lowest BCUT2D eigenvalue weighted by Crippen LogP contribution is -2.26. The summed E-state index contributed by atoms with van der Waals surface area (Å²) in [7, 11) is 0. The van der Waals surface area contributed by atoms with Crippen LogP contribution in [-0.4, -0.2) is 17.4 Å². The maximum atomic E-state index is 13.2. The van der Waals surface area contributed by atoms with Gasteiger partial charge in [-0.3, -0.25) is 9.78 Å². The van der Waals surface area contributed by atoms with Gasteiger partial charge in [-0.05, 0) is 18.2 Å². The molecule has 0 aliphatic rings. The second-order valence-corrected chi connectivity index (χ2v) is 3.44. The fourth-order valence-corrected chi connectivity index (χ4v) is 1.41. The number of nitrogens with one attached hydrogen (secondary N) is 1. The molecule has 0 saturated heterocycles. The second-order valence-electron chi connectivity index (χ2n) is 3.44. The summed E-state index contributed by atoms with van der Waals surface area (Å²) in [6, 6.07) is 4.94. The van der Waals surface area contributed by atoms with Gasteiger partial charge >= 0.3 is 0 Å². The van der Waals surface area contributed by atoms with Crippen LogP contribution in [0.2, 0.25) is 0 Å². The average Bonchev–Trinajstić information content (AvgIpc) is 2.82. The number of pyridine rings is 1. The number of carbonyl (C=O) groups is 1. The molecular weight excluding hydrogens is 223 g/mol. The van der Waals surface area contributed by atoms with Crippen molar-refractivity contribution >= 4 is 5.91 Å². The Labute approximate surface area is 97.5 Å². The summed E-state index contributed by atoms with van der Waals surface area (Å²) in [6.45, 7) is 0.397. The molecule has 2 heterocycles. The van der Waals surface area contributed by atoms with E-state index in [1.165, 1.54) is 12.3 Å². The van der Waals surface area contributed by atoms with Crippen LogP contribution in [0.4, 0.5) is 4.39 Å². The summed E-state index contributed by atoms with van der Waals surface area (Å²) in [5, 5.41) is 2.61. The standard InChI is InChI=1S/C12H11FN2O2/c13-11-8-14-5-4-10(11)12(16)15-6-3-9-2-1-7-17-9/h1-2,4-5,7-8H,3,6H2,(H,15,16). The van der Waals surface area contributed by atoms with Gasteiger partial charge in [0.2, 0.25) is 0 Å². The average molecular weight is 234 g/mol. The van der Waals surface area contributed by atoms with Crippen LogP contribution in [0.25, 0.3) is 0 Å². The van der Waals surface area contributed by atoms with Crippen molar-refractivity contribution in [3.63, 3.8) is 0 Å². The number of hydrogen-bond donors (Lipinski definition) is 1. The molecule has 88 valence electrons. The van der Waals surface area contributed by atoms with Crippen LogP contribution < -0.4 is 5.32 Å². The molecule has 5 heteroatoms. The normalized spacial score (nSPS) is 10.2. The Morgan fingerprint density at radius 1 is 1.47 bits per heavy atom. The van der Waals surface area contributed by atoms with Crippen LogP contribution in [0.1, 0.15) is 16.1 Å². The smallest absolute Gasteiger partial charge is 0.254 e. The molecule has 0 radical (unpaired) electrons. The van der Waals surface area contributed by atoms with Crippen molar-refractivity contribution < 1.29 is 13.6 Å². The molecule has 17 heavy (non-hydrogen) atoms. The van der Waals surface area contributed by atoms with Crippen LogP contribution in [0, 0.1) is 5.82 Å². The van der Waals surface area contributed by atoms with Gasteiger partial charge in [0.15, 0.2) is 5.82 Å². The molecule has 0 spiro atoms. The van der Waals surface area contributed by atoms with E-state index in [9.17, 15) is 9.18 Å². The first-order chi connectivity index (χ1) is 8.27. The Hall–Kier alpha value is -2.17. The van der Waals surface area contributed by atoms with Crippen molar-refractivity contribution in [2.24, 2.45) is 0 Å². The Balaban J connectivity index is 1.88. The third kappa shape index (κ3) is 2.90. The van der Waals surface area contributed by atoms with Gasteiger partial charge in [0.25, 0.3) is 5.91 Å². The molecule has 0 saturated carbocycles. The van der Waals surface area contributed by atoms with Crippen LogP contribution >= 0.6 is 0 Å². The Morgan fingerprint density at radius 3 is 3.06 bits per heavy atom. The zero-order valence-corrected chi connectivity index (χ0v) is 9.02. The fourth-order valence-electron chi connectivity index (χ4n) is 1.41. The first-order valence-electron chi connectivity index (χ1n) is 5.17. The highest BCUT2D eigenvalue weighted by atomic mass is 19.1. The quantitative estimate of drug-likeness (QED) is 0.877. The molecule has 0 aliphatic carbocycles. The summed E-state index contributed by atoms with van der Waals surface area (Å²) in [5.41, 5.74) is -0.000514. The van der Waals surface area contributed by atoms with E-state index >= 15 is 0 Å². The highest BCUT2D eigenvalue weighted by Crippen LogP contribution is 2.04. The number of aromatic nitrogens is 1. The molecule has 1 amide bonds. The largest absolute Gasteiger partial charge is 0.469 e. The van der Waals surface area contributed by atoms with E-state index in [1.54, 1.807) is 12.3 Å². The number of carbonyl (C=O) groups excluding carboxylic acids is 1. The molecular formula is C12H11FN2O2. The first-order valence-corrected chi connectivity index (χ1v) is 5.17. The van der Waals surface area contributed by atoms with Crippen molar-refractivity contribution in [2.45, 2.75) is 6.42 Å². The van der Waals surface area contributed by atoms with Crippen molar-refractivity contribution in [2.75, 3.05) is 6.54 Å². The predicted molar refractivity (Wildman–Crippen MR) is 58.9 cm³/mol. The van der Waals surface area contributed by atoms with E-state index in [4.69, 9.17) is 4.42 Å². The fraction of sp³-hybridized carbons (Fsp3) is 0.167. The molecule has 1 N–H and O–H groups in total. The van der Waals surface area contributed by atoms with E-state index in [0.717, 1.165) is 12.0 Å². The van der Waals surface area contributed by atoms with Crippen molar-refractivity contribution in [1.29, 1.82) is 0 Å². The number of nitrogens with zero attached hydrogens (tertiary/aromatic N) is 1. The highest BCUT2D eigenvalue weighted by Gasteiger charge is 2.10. The maximum absolute atomic E-state index is 13.2. The molecule has 4 nitrogen and oxygen atoms in total. The van der Waals surface area contributed by atoms with Gasteiger partial charge in [0.1, 0.15) is 5.76 Å². The predicted octanol–water partition coefficient (Wildman–Crippen LogP) is 1.79. The third-order valence-electron chi connectivity index (χ3n) is 2.25. The SMILES string of the molecule is O=C(NCCc1ccco1)c1ccncc1F. The number of rotatable bonds is 4. The highest BCUT2D eigenvalue weighted by molar-refractivity contribution is 5.94. The molecule has 2 aromatic heterocycles. The van der Waals surface area contributed by atoms with Crippen LogP contribution in [0.5, 0.6) is 0 Å². The molecule has 0 aromatic carbocycles. The van der Waals surface area contributed by atoms with Gasteiger partial charge in [-0.15, -0.1) is 0 Å². The van der Waals surface area contributed by atoms with Gasteiger partial charge in [-0.2, -0.15) is 0 Å². The van der Waals surface area contributed by atoms with Crippen LogP contribution in [0.3, 0.4) is 0 Å². The molecule has 0 bridgehead atoms. The Morgan fingerprint density at radius 2 is 2.35 bits per heavy atom. The second kappa shape index (κ2) is 5.25. The topological polar surface area (TPSA) is 55.1 Å². The summed E-state index contributed by atoms with van der Waals surface area (Å²) in [6.07, 6.45) is 4.54. The molecule has 2 rings (SSSR count). The van der Waals surface area contributed by atoms with E-state index in [0.29, 0.717) is 13.0 Å².